The Hall–Kier alpha value is -1.16. The van der Waals surface area contributed by atoms with Crippen LogP contribution >= 0.6 is 12.4 Å². The number of carbonyl (C=O) groups is 1. The molecule has 1 amide bonds. The molecule has 8 nitrogen and oxygen atoms in total. The summed E-state index contributed by atoms with van der Waals surface area (Å²) in [5.74, 6) is -0.137. The third kappa shape index (κ3) is 6.25. The molecule has 1 aromatic rings. The molecule has 1 aliphatic heterocycles. The van der Waals surface area contributed by atoms with Gasteiger partial charge in [0.25, 0.3) is 5.91 Å². The third-order valence-electron chi connectivity index (χ3n) is 4.26. The second-order valence-electron chi connectivity index (χ2n) is 6.01. The Morgan fingerprint density at radius 1 is 1.52 bits per heavy atom. The summed E-state index contributed by atoms with van der Waals surface area (Å²) < 4.78 is 26.4. The first kappa shape index (κ1) is 21.9. The maximum absolute atomic E-state index is 12.1. The minimum atomic E-state index is -3.16. The minimum Gasteiger partial charge on any atom is -0.351 e. The molecule has 1 unspecified atom stereocenters. The van der Waals surface area contributed by atoms with Gasteiger partial charge in [0.15, 0.2) is 0 Å². The van der Waals surface area contributed by atoms with Crippen LogP contribution in [0.5, 0.6) is 0 Å². The van der Waals surface area contributed by atoms with Gasteiger partial charge in [0.05, 0.1) is 11.8 Å². The van der Waals surface area contributed by atoms with Crippen LogP contribution in [0.4, 0.5) is 0 Å². The number of sulfonamides is 1. The van der Waals surface area contributed by atoms with Gasteiger partial charge in [-0.25, -0.2) is 12.7 Å². The smallest absolute Gasteiger partial charge is 0.271 e. The van der Waals surface area contributed by atoms with E-state index in [1.54, 1.807) is 20.0 Å². The predicted octanol–water partition coefficient (Wildman–Crippen LogP) is 0.631. The fourth-order valence-corrected chi connectivity index (χ4v) is 3.52. The zero-order valence-corrected chi connectivity index (χ0v) is 16.4. The molecular formula is C15H28ClN5O3S. The summed E-state index contributed by atoms with van der Waals surface area (Å²) in [4.78, 5) is 12.1. The number of piperidine rings is 1. The van der Waals surface area contributed by atoms with Gasteiger partial charge in [-0.05, 0) is 38.8 Å². The van der Waals surface area contributed by atoms with E-state index in [4.69, 9.17) is 0 Å². The van der Waals surface area contributed by atoms with Crippen LogP contribution in [0.1, 0.15) is 42.7 Å². The molecule has 0 spiro atoms. The van der Waals surface area contributed by atoms with Crippen molar-refractivity contribution in [3.8, 4) is 0 Å². The molecule has 0 aromatic carbocycles. The summed E-state index contributed by atoms with van der Waals surface area (Å²) in [5.41, 5.74) is 0.398. The van der Waals surface area contributed by atoms with Crippen LogP contribution in [0.25, 0.3) is 0 Å². The van der Waals surface area contributed by atoms with E-state index in [-0.39, 0.29) is 24.1 Å². The van der Waals surface area contributed by atoms with Gasteiger partial charge in [0.2, 0.25) is 10.0 Å². The Kier molecular flexibility index (Phi) is 8.84. The summed E-state index contributed by atoms with van der Waals surface area (Å²) in [5, 5.41) is 10.5. The Morgan fingerprint density at radius 3 is 2.92 bits per heavy atom. The molecule has 1 saturated heterocycles. The van der Waals surface area contributed by atoms with Crippen molar-refractivity contribution in [1.29, 1.82) is 0 Å². The molecule has 144 valence electrons. The Labute approximate surface area is 155 Å². The predicted molar refractivity (Wildman–Crippen MR) is 99.7 cm³/mol. The molecule has 1 atom stereocenters. The van der Waals surface area contributed by atoms with Gasteiger partial charge in [-0.1, -0.05) is 0 Å². The summed E-state index contributed by atoms with van der Waals surface area (Å²) in [6, 6.07) is 2.02. The summed E-state index contributed by atoms with van der Waals surface area (Å²) in [7, 11) is -1.61. The second-order valence-corrected chi connectivity index (χ2v) is 8.38. The van der Waals surface area contributed by atoms with E-state index in [1.165, 1.54) is 4.31 Å². The van der Waals surface area contributed by atoms with Crippen molar-refractivity contribution in [3.05, 3.63) is 18.0 Å². The van der Waals surface area contributed by atoms with Gasteiger partial charge >= 0.3 is 0 Å². The fourth-order valence-electron chi connectivity index (χ4n) is 2.68. The maximum Gasteiger partial charge on any atom is 0.271 e. The molecule has 0 radical (unpaired) electrons. The molecular weight excluding hydrogens is 366 g/mol. The number of hydrogen-bond acceptors (Lipinski definition) is 5. The molecule has 0 bridgehead atoms. The van der Waals surface area contributed by atoms with E-state index in [2.05, 4.69) is 15.7 Å². The van der Waals surface area contributed by atoms with E-state index in [0.717, 1.165) is 25.9 Å². The van der Waals surface area contributed by atoms with E-state index < -0.39 is 10.0 Å². The average molecular weight is 394 g/mol. The number of amides is 1. The lowest BCUT2D eigenvalue weighted by Gasteiger charge is -2.22. The Morgan fingerprint density at radius 2 is 2.28 bits per heavy atom. The van der Waals surface area contributed by atoms with Crippen molar-refractivity contribution >= 4 is 28.3 Å². The van der Waals surface area contributed by atoms with Crippen molar-refractivity contribution in [2.24, 2.45) is 0 Å². The highest BCUT2D eigenvalue weighted by Crippen LogP contribution is 2.15. The highest BCUT2D eigenvalue weighted by atomic mass is 35.5. The molecule has 10 heteroatoms. The number of rotatable bonds is 8. The van der Waals surface area contributed by atoms with Crippen molar-refractivity contribution in [1.82, 2.24) is 24.7 Å². The first-order valence-corrected chi connectivity index (χ1v) is 10.0. The lowest BCUT2D eigenvalue weighted by Crippen LogP contribution is -2.33. The number of hydrogen-bond donors (Lipinski definition) is 2. The SMILES string of the molecule is CCS(=O)(=O)N(C)CCCNC(=O)c1ccn(C2CCCNC2)n1.Cl. The van der Waals surface area contributed by atoms with Gasteiger partial charge in [-0.2, -0.15) is 5.10 Å². The Bertz CT molecular complexity index is 643. The van der Waals surface area contributed by atoms with Gasteiger partial charge < -0.3 is 10.6 Å². The monoisotopic (exact) mass is 393 g/mol. The molecule has 2 heterocycles. The average Bonchev–Trinajstić information content (AvgIpc) is 3.09. The normalized spacial score (nSPS) is 18.0. The van der Waals surface area contributed by atoms with Gasteiger partial charge in [0, 0.05) is 32.9 Å². The van der Waals surface area contributed by atoms with Crippen molar-refractivity contribution in [2.75, 3.05) is 39.0 Å². The van der Waals surface area contributed by atoms with Gasteiger partial charge in [-0.3, -0.25) is 9.48 Å². The van der Waals surface area contributed by atoms with Crippen LogP contribution < -0.4 is 10.6 Å². The molecule has 0 saturated carbocycles. The van der Waals surface area contributed by atoms with Crippen LogP contribution in [0.3, 0.4) is 0 Å². The highest BCUT2D eigenvalue weighted by molar-refractivity contribution is 7.89. The first-order chi connectivity index (χ1) is 11.4. The van der Waals surface area contributed by atoms with Crippen molar-refractivity contribution in [2.45, 2.75) is 32.2 Å². The number of aromatic nitrogens is 2. The zero-order chi connectivity index (χ0) is 17.6. The van der Waals surface area contributed by atoms with E-state index >= 15 is 0 Å². The van der Waals surface area contributed by atoms with E-state index in [9.17, 15) is 13.2 Å². The van der Waals surface area contributed by atoms with E-state index in [1.807, 2.05) is 10.9 Å². The lowest BCUT2D eigenvalue weighted by molar-refractivity contribution is 0.0946. The highest BCUT2D eigenvalue weighted by Gasteiger charge is 2.18. The number of nitrogens with zero attached hydrogens (tertiary/aromatic N) is 3. The zero-order valence-electron chi connectivity index (χ0n) is 14.8. The molecule has 25 heavy (non-hydrogen) atoms. The van der Waals surface area contributed by atoms with Crippen molar-refractivity contribution < 1.29 is 13.2 Å². The minimum absolute atomic E-state index is 0. The lowest BCUT2D eigenvalue weighted by atomic mass is 10.1. The molecule has 2 N–H and O–H groups in total. The number of halogens is 1. The van der Waals surface area contributed by atoms with Gasteiger partial charge in [-0.15, -0.1) is 12.4 Å². The maximum atomic E-state index is 12.1. The second kappa shape index (κ2) is 10.1. The molecule has 1 fully saturated rings. The first-order valence-electron chi connectivity index (χ1n) is 8.42. The summed E-state index contributed by atoms with van der Waals surface area (Å²) >= 11 is 0. The molecule has 2 rings (SSSR count). The largest absolute Gasteiger partial charge is 0.351 e. The topological polar surface area (TPSA) is 96.3 Å². The van der Waals surface area contributed by atoms with E-state index in [0.29, 0.717) is 31.2 Å². The van der Waals surface area contributed by atoms with Crippen molar-refractivity contribution in [3.63, 3.8) is 0 Å². The van der Waals surface area contributed by atoms with Gasteiger partial charge in [0.1, 0.15) is 5.69 Å². The fraction of sp³-hybridized carbons (Fsp3) is 0.733. The number of nitrogens with one attached hydrogen (secondary N) is 2. The molecule has 1 aromatic heterocycles. The molecule has 0 aliphatic carbocycles. The summed E-state index contributed by atoms with van der Waals surface area (Å²) in [6.07, 6.45) is 4.58. The van der Waals surface area contributed by atoms with Crippen LogP contribution in [-0.2, 0) is 10.0 Å². The summed E-state index contributed by atoms with van der Waals surface area (Å²) in [6.45, 7) is 4.33. The molecule has 1 aliphatic rings. The number of carbonyl (C=O) groups excluding carboxylic acids is 1. The van der Waals surface area contributed by atoms with Crippen LogP contribution in [0.2, 0.25) is 0 Å². The standard InChI is InChI=1S/C15H27N5O3S.ClH/c1-3-24(22,23)19(2)10-5-9-17-15(21)14-7-11-20(18-14)13-6-4-8-16-12-13;/h7,11,13,16H,3-6,8-10,12H2,1-2H3,(H,17,21);1H. The van der Waals surface area contributed by atoms with Crippen LogP contribution in [0, 0.1) is 0 Å². The quantitative estimate of drug-likeness (QED) is 0.631. The Balaban J connectivity index is 0.00000312. The van der Waals surface area contributed by atoms with Crippen LogP contribution in [-0.4, -0.2) is 67.4 Å². The van der Waals surface area contributed by atoms with Crippen LogP contribution in [0.15, 0.2) is 12.3 Å². The third-order valence-corrected chi connectivity index (χ3v) is 6.12.